The third-order valence-electron chi connectivity index (χ3n) is 3.50. The van der Waals surface area contributed by atoms with Crippen molar-refractivity contribution in [1.82, 2.24) is 4.90 Å². The number of likely N-dealkylation sites (N-methyl/N-ethyl adjacent to an activating group) is 1. The van der Waals surface area contributed by atoms with Gasteiger partial charge < -0.3 is 19.5 Å². The molecule has 1 aromatic carbocycles. The summed E-state index contributed by atoms with van der Waals surface area (Å²) in [5, 5.41) is 9.75. The molecule has 19 heavy (non-hydrogen) atoms. The Morgan fingerprint density at radius 2 is 2.26 bits per heavy atom. The molecule has 106 valence electrons. The summed E-state index contributed by atoms with van der Waals surface area (Å²) in [4.78, 5) is 2.16. The van der Waals surface area contributed by atoms with E-state index >= 15 is 0 Å². The molecule has 0 aromatic heterocycles. The van der Waals surface area contributed by atoms with Crippen LogP contribution in [0.1, 0.15) is 17.9 Å². The van der Waals surface area contributed by atoms with Crippen LogP contribution >= 0.6 is 0 Å². The number of fused-ring (bicyclic) bond motifs is 1. The number of benzene rings is 1. The Labute approximate surface area is 114 Å². The summed E-state index contributed by atoms with van der Waals surface area (Å²) in [6, 6.07) is 8.23. The number of ether oxygens (including phenoxy) is 2. The molecule has 2 unspecified atom stereocenters. The highest BCUT2D eigenvalue weighted by molar-refractivity contribution is 5.37. The highest BCUT2D eigenvalue weighted by Crippen LogP contribution is 2.33. The SMILES string of the molecule is COCC(O)CN(C)CC1CCOc2ccccc21. The average molecular weight is 265 g/mol. The van der Waals surface area contributed by atoms with Gasteiger partial charge in [0.1, 0.15) is 5.75 Å². The molecule has 1 aromatic rings. The molecular weight excluding hydrogens is 242 g/mol. The number of para-hydroxylation sites is 1. The summed E-state index contributed by atoms with van der Waals surface area (Å²) in [5.74, 6) is 1.48. The maximum absolute atomic E-state index is 9.75. The van der Waals surface area contributed by atoms with Gasteiger partial charge in [-0.25, -0.2) is 0 Å². The van der Waals surface area contributed by atoms with Crippen molar-refractivity contribution in [2.75, 3.05) is 40.5 Å². The van der Waals surface area contributed by atoms with E-state index in [1.54, 1.807) is 7.11 Å². The Kier molecular flexibility index (Phi) is 5.19. The first-order valence-electron chi connectivity index (χ1n) is 6.78. The van der Waals surface area contributed by atoms with Gasteiger partial charge in [-0.2, -0.15) is 0 Å². The summed E-state index contributed by atoms with van der Waals surface area (Å²) in [6.07, 6.45) is 0.604. The molecule has 2 atom stereocenters. The summed E-state index contributed by atoms with van der Waals surface area (Å²) in [5.41, 5.74) is 1.28. The summed E-state index contributed by atoms with van der Waals surface area (Å²) in [6.45, 7) is 2.72. The Hall–Kier alpha value is -1.10. The first-order chi connectivity index (χ1) is 9.20. The Morgan fingerprint density at radius 3 is 3.05 bits per heavy atom. The molecule has 1 heterocycles. The summed E-state index contributed by atoms with van der Waals surface area (Å²) >= 11 is 0. The van der Waals surface area contributed by atoms with Crippen molar-refractivity contribution in [3.63, 3.8) is 0 Å². The smallest absolute Gasteiger partial charge is 0.122 e. The molecule has 4 heteroatoms. The van der Waals surface area contributed by atoms with E-state index in [2.05, 4.69) is 17.0 Å². The number of methoxy groups -OCH3 is 1. The van der Waals surface area contributed by atoms with Gasteiger partial charge in [0, 0.05) is 26.1 Å². The molecule has 0 bridgehead atoms. The monoisotopic (exact) mass is 265 g/mol. The maximum atomic E-state index is 9.75. The van der Waals surface area contributed by atoms with Crippen molar-refractivity contribution in [3.05, 3.63) is 29.8 Å². The molecule has 4 nitrogen and oxygen atoms in total. The first kappa shape index (κ1) is 14.3. The lowest BCUT2D eigenvalue weighted by Crippen LogP contribution is -2.35. The second-order valence-electron chi connectivity index (χ2n) is 5.20. The van der Waals surface area contributed by atoms with Gasteiger partial charge in [0.15, 0.2) is 0 Å². The number of aliphatic hydroxyl groups is 1. The number of hydrogen-bond acceptors (Lipinski definition) is 4. The molecule has 1 aliphatic rings. The molecule has 0 amide bonds. The number of aliphatic hydroxyl groups excluding tert-OH is 1. The van der Waals surface area contributed by atoms with Crippen LogP contribution in [0, 0.1) is 0 Å². The molecule has 0 saturated carbocycles. The van der Waals surface area contributed by atoms with Crippen molar-refractivity contribution < 1.29 is 14.6 Å². The van der Waals surface area contributed by atoms with Crippen molar-refractivity contribution >= 4 is 0 Å². The van der Waals surface area contributed by atoms with E-state index < -0.39 is 6.10 Å². The third kappa shape index (κ3) is 3.93. The van der Waals surface area contributed by atoms with Crippen LogP contribution in [0.5, 0.6) is 5.75 Å². The molecule has 0 spiro atoms. The molecule has 1 N–H and O–H groups in total. The van der Waals surface area contributed by atoms with Crippen molar-refractivity contribution in [2.24, 2.45) is 0 Å². The van der Waals surface area contributed by atoms with E-state index in [1.807, 2.05) is 19.2 Å². The van der Waals surface area contributed by atoms with Gasteiger partial charge in [-0.3, -0.25) is 0 Å². The lowest BCUT2D eigenvalue weighted by molar-refractivity contribution is 0.0413. The van der Waals surface area contributed by atoms with Gasteiger partial charge in [0.05, 0.1) is 19.3 Å². The van der Waals surface area contributed by atoms with Gasteiger partial charge in [-0.15, -0.1) is 0 Å². The van der Waals surface area contributed by atoms with Crippen LogP contribution in [0.4, 0.5) is 0 Å². The quantitative estimate of drug-likeness (QED) is 0.846. The van der Waals surface area contributed by atoms with E-state index in [0.29, 0.717) is 19.1 Å². The molecule has 0 saturated heterocycles. The first-order valence-corrected chi connectivity index (χ1v) is 6.78. The molecular formula is C15H23NO3. The van der Waals surface area contributed by atoms with E-state index in [4.69, 9.17) is 9.47 Å². The number of hydrogen-bond donors (Lipinski definition) is 1. The van der Waals surface area contributed by atoms with Crippen molar-refractivity contribution in [1.29, 1.82) is 0 Å². The van der Waals surface area contributed by atoms with E-state index in [-0.39, 0.29) is 0 Å². The van der Waals surface area contributed by atoms with E-state index in [0.717, 1.165) is 25.3 Å². The van der Waals surface area contributed by atoms with Gasteiger partial charge in [-0.1, -0.05) is 18.2 Å². The highest BCUT2D eigenvalue weighted by Gasteiger charge is 2.22. The number of nitrogens with zero attached hydrogens (tertiary/aromatic N) is 1. The molecule has 0 radical (unpaired) electrons. The van der Waals surface area contributed by atoms with Gasteiger partial charge in [-0.05, 0) is 25.1 Å². The van der Waals surface area contributed by atoms with E-state index in [9.17, 15) is 5.11 Å². The normalized spacial score (nSPS) is 19.9. The molecule has 0 fully saturated rings. The zero-order valence-electron chi connectivity index (χ0n) is 11.7. The van der Waals surface area contributed by atoms with Crippen LogP contribution < -0.4 is 4.74 Å². The standard InChI is InChI=1S/C15H23NO3/c1-16(10-13(17)11-18-2)9-12-7-8-19-15-6-4-3-5-14(12)15/h3-6,12-13,17H,7-11H2,1-2H3. The van der Waals surface area contributed by atoms with Crippen LogP contribution in [0.2, 0.25) is 0 Å². The van der Waals surface area contributed by atoms with Crippen LogP contribution in [0.25, 0.3) is 0 Å². The minimum Gasteiger partial charge on any atom is -0.493 e. The highest BCUT2D eigenvalue weighted by atomic mass is 16.5. The fraction of sp³-hybridized carbons (Fsp3) is 0.600. The predicted molar refractivity (Wildman–Crippen MR) is 74.7 cm³/mol. The topological polar surface area (TPSA) is 41.9 Å². The van der Waals surface area contributed by atoms with Crippen LogP contribution in [-0.4, -0.2) is 56.6 Å². The average Bonchev–Trinajstić information content (AvgIpc) is 2.39. The summed E-state index contributed by atoms with van der Waals surface area (Å²) in [7, 11) is 3.65. The minimum atomic E-state index is -0.426. The Balaban J connectivity index is 1.93. The fourth-order valence-corrected chi connectivity index (χ4v) is 2.66. The lowest BCUT2D eigenvalue weighted by atomic mass is 9.92. The zero-order valence-corrected chi connectivity index (χ0v) is 11.7. The largest absolute Gasteiger partial charge is 0.493 e. The van der Waals surface area contributed by atoms with Crippen LogP contribution in [0.3, 0.4) is 0 Å². The Morgan fingerprint density at radius 1 is 1.47 bits per heavy atom. The summed E-state index contributed by atoms with van der Waals surface area (Å²) < 4.78 is 10.6. The maximum Gasteiger partial charge on any atom is 0.122 e. The van der Waals surface area contributed by atoms with E-state index in [1.165, 1.54) is 5.56 Å². The van der Waals surface area contributed by atoms with Crippen molar-refractivity contribution in [2.45, 2.75) is 18.4 Å². The fourth-order valence-electron chi connectivity index (χ4n) is 2.66. The van der Waals surface area contributed by atoms with Crippen molar-refractivity contribution in [3.8, 4) is 5.75 Å². The second kappa shape index (κ2) is 6.89. The second-order valence-corrected chi connectivity index (χ2v) is 5.20. The molecule has 2 rings (SSSR count). The van der Waals surface area contributed by atoms with Crippen LogP contribution in [-0.2, 0) is 4.74 Å². The van der Waals surface area contributed by atoms with Gasteiger partial charge in [0.2, 0.25) is 0 Å². The zero-order chi connectivity index (χ0) is 13.7. The predicted octanol–water partition coefficient (Wildman–Crippen LogP) is 1.49. The third-order valence-corrected chi connectivity index (χ3v) is 3.50. The number of rotatable bonds is 6. The van der Waals surface area contributed by atoms with Crippen LogP contribution in [0.15, 0.2) is 24.3 Å². The minimum absolute atomic E-state index is 0.384. The molecule has 0 aliphatic carbocycles. The van der Waals surface area contributed by atoms with Gasteiger partial charge in [0.25, 0.3) is 0 Å². The lowest BCUT2D eigenvalue weighted by Gasteiger charge is -2.30. The Bertz CT molecular complexity index is 397. The van der Waals surface area contributed by atoms with Gasteiger partial charge >= 0.3 is 0 Å². The molecule has 1 aliphatic heterocycles.